The summed E-state index contributed by atoms with van der Waals surface area (Å²) in [6.07, 6.45) is 2.83. The van der Waals surface area contributed by atoms with Gasteiger partial charge in [-0.3, -0.25) is 4.98 Å². The third kappa shape index (κ3) is 4.86. The van der Waals surface area contributed by atoms with Gasteiger partial charge < -0.3 is 20.1 Å². The average molecular weight is 496 g/mol. The molecular formula is C30H33N5S. The van der Waals surface area contributed by atoms with Gasteiger partial charge in [0.15, 0.2) is 5.11 Å². The van der Waals surface area contributed by atoms with Crippen molar-refractivity contribution in [1.29, 1.82) is 0 Å². The molecule has 184 valence electrons. The zero-order valence-electron chi connectivity index (χ0n) is 21.1. The zero-order chi connectivity index (χ0) is 25.1. The number of aryl methyl sites for hydroxylation is 2. The molecule has 2 aromatic carbocycles. The number of nitrogens with one attached hydrogen (secondary N) is 2. The molecule has 3 heterocycles. The van der Waals surface area contributed by atoms with Crippen molar-refractivity contribution in [1.82, 2.24) is 19.8 Å². The topological polar surface area (TPSA) is 45.1 Å². The summed E-state index contributed by atoms with van der Waals surface area (Å²) in [4.78, 5) is 7.05. The number of rotatable bonds is 8. The highest BCUT2D eigenvalue weighted by Crippen LogP contribution is 2.41. The van der Waals surface area contributed by atoms with E-state index >= 15 is 0 Å². The summed E-state index contributed by atoms with van der Waals surface area (Å²) in [5.41, 5.74) is 8.34. The molecule has 0 aliphatic carbocycles. The van der Waals surface area contributed by atoms with Gasteiger partial charge in [-0.05, 0) is 87.4 Å². The van der Waals surface area contributed by atoms with E-state index in [9.17, 15) is 0 Å². The van der Waals surface area contributed by atoms with Crippen LogP contribution in [0, 0.1) is 20.8 Å². The van der Waals surface area contributed by atoms with E-state index in [0.717, 1.165) is 36.0 Å². The fourth-order valence-electron chi connectivity index (χ4n) is 5.20. The fraction of sp³-hybridized carbons (Fsp3) is 0.267. The molecule has 1 fully saturated rings. The molecule has 5 rings (SSSR count). The Morgan fingerprint density at radius 2 is 1.69 bits per heavy atom. The highest BCUT2D eigenvalue weighted by Gasteiger charge is 2.41. The molecule has 0 radical (unpaired) electrons. The number of aromatic nitrogens is 2. The first-order valence-electron chi connectivity index (χ1n) is 12.6. The molecule has 1 aliphatic rings. The van der Waals surface area contributed by atoms with Gasteiger partial charge in [0.05, 0.1) is 17.8 Å². The number of hydrogen-bond acceptors (Lipinski definition) is 3. The van der Waals surface area contributed by atoms with Crippen LogP contribution in [-0.2, 0) is 0 Å². The molecule has 0 spiro atoms. The van der Waals surface area contributed by atoms with Gasteiger partial charge in [0.2, 0.25) is 0 Å². The maximum absolute atomic E-state index is 5.89. The maximum Gasteiger partial charge on any atom is 0.170 e. The lowest BCUT2D eigenvalue weighted by Crippen LogP contribution is -2.31. The number of thiocarbonyl (C=S) groups is 1. The predicted octanol–water partition coefficient (Wildman–Crippen LogP) is 6.27. The number of nitrogens with zero attached hydrogens (tertiary/aromatic N) is 3. The number of hydrogen-bond donors (Lipinski definition) is 2. The number of anilines is 1. The molecule has 0 unspecified atom stereocenters. The SMILES string of the molecule is Cc1ccc(-n2c(C)cc([C@H]3[C@H](c4ccccn4)NC(=S)N3CCCNc3ccccc3)c2C)cc1. The second kappa shape index (κ2) is 10.5. The standard InChI is InChI=1S/C30H33N5S/c1-21-13-15-25(16-14-21)35-22(2)20-26(23(35)3)29-28(27-12-7-8-17-32-27)33-30(36)34(29)19-9-18-31-24-10-5-4-6-11-24/h4-8,10-17,20,28-29,31H,9,18-19H2,1-3H3,(H,33,36)/t28-,29-/m0/s1. The molecule has 1 saturated heterocycles. The number of benzene rings is 2. The Labute approximate surface area is 219 Å². The van der Waals surface area contributed by atoms with Gasteiger partial charge in [0.1, 0.15) is 0 Å². The van der Waals surface area contributed by atoms with Crippen molar-refractivity contribution < 1.29 is 0 Å². The molecule has 2 N–H and O–H groups in total. The second-order valence-corrected chi connectivity index (χ2v) is 9.85. The lowest BCUT2D eigenvalue weighted by Gasteiger charge is -2.28. The van der Waals surface area contributed by atoms with Crippen LogP contribution in [0.3, 0.4) is 0 Å². The van der Waals surface area contributed by atoms with Gasteiger partial charge >= 0.3 is 0 Å². The van der Waals surface area contributed by atoms with E-state index in [4.69, 9.17) is 17.2 Å². The first-order chi connectivity index (χ1) is 17.5. The second-order valence-electron chi connectivity index (χ2n) is 9.46. The summed E-state index contributed by atoms with van der Waals surface area (Å²) >= 11 is 5.89. The van der Waals surface area contributed by atoms with Crippen LogP contribution in [0.15, 0.2) is 85.1 Å². The normalized spacial score (nSPS) is 17.3. The molecule has 5 nitrogen and oxygen atoms in total. The molecule has 0 bridgehead atoms. The van der Waals surface area contributed by atoms with Crippen LogP contribution in [0.4, 0.5) is 5.69 Å². The Kier molecular flexibility index (Phi) is 7.05. The maximum atomic E-state index is 5.89. The Hall–Kier alpha value is -3.64. The van der Waals surface area contributed by atoms with Gasteiger partial charge in [-0.2, -0.15) is 0 Å². The van der Waals surface area contributed by atoms with E-state index in [0.29, 0.717) is 0 Å². The Balaban J connectivity index is 1.45. The third-order valence-corrected chi connectivity index (χ3v) is 7.31. The van der Waals surface area contributed by atoms with Crippen LogP contribution in [0.1, 0.15) is 46.7 Å². The van der Waals surface area contributed by atoms with Gasteiger partial charge in [0.25, 0.3) is 0 Å². The van der Waals surface area contributed by atoms with Crippen LogP contribution < -0.4 is 10.6 Å². The largest absolute Gasteiger partial charge is 0.385 e. The van der Waals surface area contributed by atoms with Crippen molar-refractivity contribution in [3.05, 3.63) is 113 Å². The van der Waals surface area contributed by atoms with Crippen molar-refractivity contribution in [3.63, 3.8) is 0 Å². The van der Waals surface area contributed by atoms with Crippen LogP contribution in [0.2, 0.25) is 0 Å². The summed E-state index contributed by atoms with van der Waals surface area (Å²) in [5.74, 6) is 0. The quantitative estimate of drug-likeness (QED) is 0.223. The van der Waals surface area contributed by atoms with Gasteiger partial charge in [-0.15, -0.1) is 0 Å². The summed E-state index contributed by atoms with van der Waals surface area (Å²) in [5, 5.41) is 7.91. The van der Waals surface area contributed by atoms with E-state index in [1.54, 1.807) is 0 Å². The van der Waals surface area contributed by atoms with Crippen molar-refractivity contribution in [2.45, 2.75) is 39.3 Å². The lowest BCUT2D eigenvalue weighted by atomic mass is 9.96. The van der Waals surface area contributed by atoms with E-state index in [2.05, 4.69) is 102 Å². The van der Waals surface area contributed by atoms with Crippen molar-refractivity contribution in [2.24, 2.45) is 0 Å². The van der Waals surface area contributed by atoms with Crippen molar-refractivity contribution >= 4 is 23.0 Å². The average Bonchev–Trinajstić information content (AvgIpc) is 3.38. The first-order valence-corrected chi connectivity index (χ1v) is 13.0. The highest BCUT2D eigenvalue weighted by atomic mass is 32.1. The highest BCUT2D eigenvalue weighted by molar-refractivity contribution is 7.80. The van der Waals surface area contributed by atoms with Gasteiger partial charge in [-0.1, -0.05) is 42.0 Å². The lowest BCUT2D eigenvalue weighted by molar-refractivity contribution is 0.315. The van der Waals surface area contributed by atoms with Crippen LogP contribution in [-0.4, -0.2) is 32.7 Å². The summed E-state index contributed by atoms with van der Waals surface area (Å²) in [7, 11) is 0. The molecule has 1 aliphatic heterocycles. The molecule has 0 amide bonds. The molecule has 2 atom stereocenters. The summed E-state index contributed by atoms with van der Waals surface area (Å²) in [6, 6.07) is 27.5. The van der Waals surface area contributed by atoms with E-state index < -0.39 is 0 Å². The molecule has 4 aromatic rings. The van der Waals surface area contributed by atoms with E-state index in [-0.39, 0.29) is 12.1 Å². The smallest absolute Gasteiger partial charge is 0.170 e. The molecule has 0 saturated carbocycles. The minimum absolute atomic E-state index is 0.00671. The van der Waals surface area contributed by atoms with Gasteiger partial charge in [0, 0.05) is 42.0 Å². The zero-order valence-corrected chi connectivity index (χ0v) is 21.9. The third-order valence-electron chi connectivity index (χ3n) is 6.96. The van der Waals surface area contributed by atoms with Crippen molar-refractivity contribution in [2.75, 3.05) is 18.4 Å². The summed E-state index contributed by atoms with van der Waals surface area (Å²) < 4.78 is 2.35. The van der Waals surface area contributed by atoms with Crippen molar-refractivity contribution in [3.8, 4) is 5.69 Å². The molecule has 36 heavy (non-hydrogen) atoms. The Morgan fingerprint density at radius 3 is 2.42 bits per heavy atom. The minimum atomic E-state index is -0.00671. The van der Waals surface area contributed by atoms with Crippen LogP contribution >= 0.6 is 12.2 Å². The minimum Gasteiger partial charge on any atom is -0.385 e. The summed E-state index contributed by atoms with van der Waals surface area (Å²) in [6.45, 7) is 8.26. The van der Waals surface area contributed by atoms with Gasteiger partial charge in [-0.25, -0.2) is 0 Å². The Morgan fingerprint density at radius 1 is 0.944 bits per heavy atom. The fourth-order valence-corrected chi connectivity index (χ4v) is 5.53. The molecule has 6 heteroatoms. The van der Waals surface area contributed by atoms with E-state index in [1.165, 1.54) is 28.2 Å². The van der Waals surface area contributed by atoms with Crippen LogP contribution in [0.5, 0.6) is 0 Å². The molecular weight excluding hydrogens is 462 g/mol. The number of para-hydroxylation sites is 1. The number of pyridine rings is 1. The Bertz CT molecular complexity index is 1310. The predicted molar refractivity (Wildman–Crippen MR) is 152 cm³/mol. The van der Waals surface area contributed by atoms with E-state index in [1.807, 2.05) is 24.4 Å². The first kappa shape index (κ1) is 24.1. The monoisotopic (exact) mass is 495 g/mol. The molecule has 2 aromatic heterocycles. The van der Waals surface area contributed by atoms with Crippen LogP contribution in [0.25, 0.3) is 5.69 Å².